The summed E-state index contributed by atoms with van der Waals surface area (Å²) in [6.45, 7) is 1.07. The fraction of sp³-hybridized carbons (Fsp3) is 0.364. The van der Waals surface area contributed by atoms with Crippen LogP contribution in [-0.4, -0.2) is 55.6 Å². The molecule has 1 aliphatic rings. The van der Waals surface area contributed by atoms with Crippen molar-refractivity contribution in [1.82, 2.24) is 4.90 Å². The second-order valence-corrected chi connectivity index (χ2v) is 6.85. The predicted octanol–water partition coefficient (Wildman–Crippen LogP) is 2.62. The molecule has 7 nitrogen and oxygen atoms in total. The number of ether oxygens (including phenoxy) is 3. The molecular weight excluding hydrogens is 374 g/mol. The quantitative estimate of drug-likeness (QED) is 0.687. The number of Topliss-reactive ketones (excluding diaryl/α,β-unsaturated/α-hetero) is 1. The molecule has 1 atom stereocenters. The lowest BCUT2D eigenvalue weighted by molar-refractivity contribution is -0.131. The van der Waals surface area contributed by atoms with E-state index in [4.69, 9.17) is 14.2 Å². The van der Waals surface area contributed by atoms with Crippen LogP contribution in [0, 0.1) is 0 Å². The minimum atomic E-state index is -0.840. The number of amides is 1. The van der Waals surface area contributed by atoms with Crippen molar-refractivity contribution in [3.05, 3.63) is 53.6 Å². The zero-order valence-electron chi connectivity index (χ0n) is 16.6. The van der Waals surface area contributed by atoms with Gasteiger partial charge in [-0.2, -0.15) is 0 Å². The first-order chi connectivity index (χ1) is 14.0. The number of methoxy groups -OCH3 is 1. The van der Waals surface area contributed by atoms with Gasteiger partial charge in [0, 0.05) is 25.5 Å². The number of aliphatic hydroxyl groups excluding tert-OH is 1. The Morgan fingerprint density at radius 2 is 1.86 bits per heavy atom. The van der Waals surface area contributed by atoms with Crippen molar-refractivity contribution in [2.75, 3.05) is 33.9 Å². The van der Waals surface area contributed by atoms with Crippen LogP contribution in [0.4, 0.5) is 0 Å². The normalized spacial score (nSPS) is 13.5. The molecule has 0 fully saturated rings. The maximum absolute atomic E-state index is 12.4. The van der Waals surface area contributed by atoms with Gasteiger partial charge < -0.3 is 24.2 Å². The molecule has 2 aromatic carbocycles. The number of carbonyl (C=O) groups excluding carboxylic acids is 2. The molecule has 1 N–H and O–H groups in total. The average Bonchev–Trinajstić information content (AvgIpc) is 2.76. The molecule has 1 amide bonds. The Balaban J connectivity index is 1.52. The number of benzene rings is 2. The molecule has 0 radical (unpaired) electrons. The van der Waals surface area contributed by atoms with E-state index < -0.39 is 6.10 Å². The molecule has 0 saturated heterocycles. The summed E-state index contributed by atoms with van der Waals surface area (Å²) in [5, 5.41) is 10.4. The van der Waals surface area contributed by atoms with Gasteiger partial charge in [0.15, 0.2) is 17.3 Å². The molecule has 0 spiro atoms. The molecule has 1 aliphatic heterocycles. The number of aliphatic hydroxyl groups is 1. The van der Waals surface area contributed by atoms with Crippen LogP contribution in [0.15, 0.2) is 42.5 Å². The van der Waals surface area contributed by atoms with Crippen molar-refractivity contribution in [1.29, 1.82) is 0 Å². The topological polar surface area (TPSA) is 85.3 Å². The summed E-state index contributed by atoms with van der Waals surface area (Å²) >= 11 is 0. The molecule has 0 aromatic heterocycles. The lowest BCUT2D eigenvalue weighted by Gasteiger charge is -2.21. The van der Waals surface area contributed by atoms with Crippen LogP contribution in [0.1, 0.15) is 34.9 Å². The highest BCUT2D eigenvalue weighted by atomic mass is 16.6. The van der Waals surface area contributed by atoms with Crippen LogP contribution in [-0.2, 0) is 4.79 Å². The van der Waals surface area contributed by atoms with Crippen LogP contribution in [0.3, 0.4) is 0 Å². The van der Waals surface area contributed by atoms with Gasteiger partial charge in [-0.3, -0.25) is 9.59 Å². The molecule has 1 heterocycles. The first kappa shape index (κ1) is 20.7. The Labute approximate surface area is 169 Å². The molecule has 29 heavy (non-hydrogen) atoms. The average molecular weight is 399 g/mol. The number of hydrogen-bond donors (Lipinski definition) is 1. The second-order valence-electron chi connectivity index (χ2n) is 6.85. The minimum absolute atomic E-state index is 0.0641. The van der Waals surface area contributed by atoms with Crippen molar-refractivity contribution in [2.45, 2.75) is 18.9 Å². The Morgan fingerprint density at radius 3 is 2.62 bits per heavy atom. The molecule has 154 valence electrons. The van der Waals surface area contributed by atoms with Crippen LogP contribution in [0.5, 0.6) is 17.2 Å². The van der Waals surface area contributed by atoms with Crippen LogP contribution < -0.4 is 14.2 Å². The molecule has 2 aromatic rings. The highest BCUT2D eigenvalue weighted by molar-refractivity contribution is 5.98. The first-order valence-corrected chi connectivity index (χ1v) is 9.46. The third-order valence-electron chi connectivity index (χ3n) is 4.78. The number of ketones is 1. The maximum atomic E-state index is 12.4. The van der Waals surface area contributed by atoms with Crippen molar-refractivity contribution >= 4 is 11.7 Å². The number of nitrogens with zero attached hydrogens (tertiary/aromatic N) is 1. The fourth-order valence-electron chi connectivity index (χ4n) is 3.09. The van der Waals surface area contributed by atoms with Crippen LogP contribution in [0.2, 0.25) is 0 Å². The third-order valence-corrected chi connectivity index (χ3v) is 4.78. The van der Waals surface area contributed by atoms with E-state index in [2.05, 4.69) is 0 Å². The SMILES string of the molecule is COc1cccc(C(O)CN(C)C(=O)CCC(=O)c2ccc3c(c2)OCCO3)c1. The second kappa shape index (κ2) is 9.43. The lowest BCUT2D eigenvalue weighted by Crippen LogP contribution is -2.31. The molecule has 1 unspecified atom stereocenters. The van der Waals surface area contributed by atoms with Gasteiger partial charge in [-0.15, -0.1) is 0 Å². The minimum Gasteiger partial charge on any atom is -0.497 e. The molecule has 3 rings (SSSR count). The van der Waals surface area contributed by atoms with E-state index in [0.29, 0.717) is 41.6 Å². The van der Waals surface area contributed by atoms with E-state index in [1.54, 1.807) is 56.6 Å². The van der Waals surface area contributed by atoms with Gasteiger partial charge in [-0.05, 0) is 35.9 Å². The smallest absolute Gasteiger partial charge is 0.222 e. The Kier molecular flexibility index (Phi) is 6.72. The zero-order chi connectivity index (χ0) is 20.8. The van der Waals surface area contributed by atoms with Gasteiger partial charge in [0.25, 0.3) is 0 Å². The zero-order valence-corrected chi connectivity index (χ0v) is 16.6. The summed E-state index contributed by atoms with van der Waals surface area (Å²) in [6.07, 6.45) is -0.695. The third kappa shape index (κ3) is 5.26. The van der Waals surface area contributed by atoms with E-state index >= 15 is 0 Å². The standard InChI is InChI=1S/C22H25NO6/c1-23(14-19(25)15-4-3-5-17(12-15)27-2)22(26)9-7-18(24)16-6-8-20-21(13-16)29-11-10-28-20/h3-6,8,12-13,19,25H,7,9-11,14H2,1-2H3. The highest BCUT2D eigenvalue weighted by Gasteiger charge is 2.19. The van der Waals surface area contributed by atoms with E-state index in [1.165, 1.54) is 4.90 Å². The summed E-state index contributed by atoms with van der Waals surface area (Å²) in [6, 6.07) is 12.1. The summed E-state index contributed by atoms with van der Waals surface area (Å²) in [5.41, 5.74) is 1.15. The number of hydrogen-bond acceptors (Lipinski definition) is 6. The van der Waals surface area contributed by atoms with Crippen molar-refractivity contribution < 1.29 is 28.9 Å². The van der Waals surface area contributed by atoms with Crippen LogP contribution in [0.25, 0.3) is 0 Å². The summed E-state index contributed by atoms with van der Waals surface area (Å²) in [5.74, 6) is 1.46. The van der Waals surface area contributed by atoms with E-state index in [0.717, 1.165) is 0 Å². The number of likely N-dealkylation sites (N-methyl/N-ethyl adjacent to an activating group) is 1. The van der Waals surface area contributed by atoms with Crippen molar-refractivity contribution in [3.8, 4) is 17.2 Å². The summed E-state index contributed by atoms with van der Waals surface area (Å²) in [7, 11) is 3.17. The van der Waals surface area contributed by atoms with Gasteiger partial charge in [0.05, 0.1) is 19.8 Å². The monoisotopic (exact) mass is 399 g/mol. The lowest BCUT2D eigenvalue weighted by atomic mass is 10.0. The molecule has 0 saturated carbocycles. The summed E-state index contributed by atoms with van der Waals surface area (Å²) in [4.78, 5) is 26.3. The van der Waals surface area contributed by atoms with Gasteiger partial charge in [0.2, 0.25) is 5.91 Å². The summed E-state index contributed by atoms with van der Waals surface area (Å²) < 4.78 is 16.1. The van der Waals surface area contributed by atoms with Gasteiger partial charge in [-0.1, -0.05) is 12.1 Å². The Hall–Kier alpha value is -3.06. The van der Waals surface area contributed by atoms with Crippen LogP contribution >= 0.6 is 0 Å². The maximum Gasteiger partial charge on any atom is 0.222 e. The number of rotatable bonds is 8. The van der Waals surface area contributed by atoms with E-state index in [1.807, 2.05) is 0 Å². The van der Waals surface area contributed by atoms with E-state index in [-0.39, 0.29) is 31.1 Å². The Bertz CT molecular complexity index is 881. The predicted molar refractivity (Wildman–Crippen MR) is 107 cm³/mol. The van der Waals surface area contributed by atoms with Crippen molar-refractivity contribution in [3.63, 3.8) is 0 Å². The fourth-order valence-corrected chi connectivity index (χ4v) is 3.09. The van der Waals surface area contributed by atoms with Gasteiger partial charge >= 0.3 is 0 Å². The van der Waals surface area contributed by atoms with Crippen molar-refractivity contribution in [2.24, 2.45) is 0 Å². The molecule has 0 aliphatic carbocycles. The van der Waals surface area contributed by atoms with E-state index in [9.17, 15) is 14.7 Å². The first-order valence-electron chi connectivity index (χ1n) is 9.46. The highest BCUT2D eigenvalue weighted by Crippen LogP contribution is 2.31. The number of fused-ring (bicyclic) bond motifs is 1. The largest absolute Gasteiger partial charge is 0.497 e. The Morgan fingerprint density at radius 1 is 1.10 bits per heavy atom. The molecular formula is C22H25NO6. The van der Waals surface area contributed by atoms with Gasteiger partial charge in [-0.25, -0.2) is 0 Å². The van der Waals surface area contributed by atoms with Gasteiger partial charge in [0.1, 0.15) is 19.0 Å². The molecule has 0 bridgehead atoms. The number of carbonyl (C=O) groups is 2. The molecule has 7 heteroatoms.